The minimum absolute atomic E-state index is 0.0646. The molecule has 0 aliphatic carbocycles. The summed E-state index contributed by atoms with van der Waals surface area (Å²) < 4.78 is 16.8. The summed E-state index contributed by atoms with van der Waals surface area (Å²) in [5.74, 6) is 0.777. The van der Waals surface area contributed by atoms with Crippen LogP contribution in [-0.4, -0.2) is 37.2 Å². The Bertz CT molecular complexity index is 918. The Balaban J connectivity index is 4.23. The lowest BCUT2D eigenvalue weighted by atomic mass is 10.00. The van der Waals surface area contributed by atoms with Crippen LogP contribution < -0.4 is 0 Å². The minimum atomic E-state index is -0.763. The van der Waals surface area contributed by atoms with Crippen LogP contribution in [0.5, 0.6) is 0 Å². The maximum Gasteiger partial charge on any atom is 0.306 e. The normalized spacial score (nSPS) is 12.5. The van der Waals surface area contributed by atoms with E-state index >= 15 is 0 Å². The predicted octanol–water partition coefficient (Wildman–Crippen LogP) is 17.3. The molecule has 0 aliphatic rings. The Morgan fingerprint density at radius 1 is 0.350 bits per heavy atom. The van der Waals surface area contributed by atoms with E-state index in [9.17, 15) is 14.4 Å². The molecule has 0 aliphatic heterocycles. The van der Waals surface area contributed by atoms with Crippen LogP contribution in [0, 0.1) is 11.8 Å². The molecule has 356 valence electrons. The van der Waals surface area contributed by atoms with Crippen molar-refractivity contribution in [1.29, 1.82) is 0 Å². The summed E-state index contributed by atoms with van der Waals surface area (Å²) in [5, 5.41) is 0. The second-order valence-corrected chi connectivity index (χ2v) is 19.2. The smallest absolute Gasteiger partial charge is 0.306 e. The van der Waals surface area contributed by atoms with E-state index in [-0.39, 0.29) is 31.1 Å². The molecule has 60 heavy (non-hydrogen) atoms. The third-order valence-electron chi connectivity index (χ3n) is 12.6. The quantitative estimate of drug-likeness (QED) is 0.0345. The van der Waals surface area contributed by atoms with Crippen LogP contribution in [0.2, 0.25) is 0 Å². The molecule has 6 nitrogen and oxygen atoms in total. The largest absolute Gasteiger partial charge is 0.462 e. The van der Waals surface area contributed by atoms with Crippen LogP contribution in [0.4, 0.5) is 0 Å². The number of unbranched alkanes of at least 4 members (excludes halogenated alkanes) is 32. The van der Waals surface area contributed by atoms with Crippen LogP contribution >= 0.6 is 0 Å². The van der Waals surface area contributed by atoms with Gasteiger partial charge in [-0.3, -0.25) is 14.4 Å². The Kier molecular flexibility index (Phi) is 45.7. The molecule has 0 spiro atoms. The van der Waals surface area contributed by atoms with Gasteiger partial charge in [-0.25, -0.2) is 0 Å². The highest BCUT2D eigenvalue weighted by atomic mass is 16.6. The van der Waals surface area contributed by atoms with Crippen molar-refractivity contribution in [2.24, 2.45) is 11.8 Å². The minimum Gasteiger partial charge on any atom is -0.462 e. The maximum atomic E-state index is 12.8. The summed E-state index contributed by atoms with van der Waals surface area (Å²) >= 11 is 0. The third kappa shape index (κ3) is 45.9. The molecule has 0 rings (SSSR count). The topological polar surface area (TPSA) is 78.9 Å². The van der Waals surface area contributed by atoms with E-state index in [0.29, 0.717) is 19.3 Å². The lowest BCUT2D eigenvalue weighted by molar-refractivity contribution is -0.167. The van der Waals surface area contributed by atoms with E-state index in [4.69, 9.17) is 14.2 Å². The van der Waals surface area contributed by atoms with Crippen molar-refractivity contribution in [3.8, 4) is 0 Å². The lowest BCUT2D eigenvalue weighted by Gasteiger charge is -2.18. The first kappa shape index (κ1) is 58.4. The Morgan fingerprint density at radius 2 is 0.633 bits per heavy atom. The Morgan fingerprint density at radius 3 is 0.950 bits per heavy atom. The van der Waals surface area contributed by atoms with E-state index in [1.807, 2.05) is 0 Å². The maximum absolute atomic E-state index is 12.8. The summed E-state index contributed by atoms with van der Waals surface area (Å²) in [5.41, 5.74) is 0. The summed E-state index contributed by atoms with van der Waals surface area (Å²) in [6.07, 6.45) is 48.1. The van der Waals surface area contributed by atoms with Gasteiger partial charge in [0.25, 0.3) is 0 Å². The van der Waals surface area contributed by atoms with Gasteiger partial charge in [-0.05, 0) is 31.1 Å². The molecule has 0 bridgehead atoms. The van der Waals surface area contributed by atoms with Crippen molar-refractivity contribution in [1.82, 2.24) is 0 Å². The molecule has 0 aromatic carbocycles. The molecule has 2 atom stereocenters. The molecule has 0 amide bonds. The first-order valence-electron chi connectivity index (χ1n) is 26.8. The van der Waals surface area contributed by atoms with E-state index in [1.54, 1.807) is 0 Å². The standard InChI is InChI=1S/C54H104O6/c1-6-8-9-10-11-12-13-14-15-16-17-18-19-20-21-25-28-34-39-44-52(55)58-47-51(60-54(57)46-41-36-31-30-33-38-43-50(5)7-2)48-59-53(56)45-40-35-29-26-23-22-24-27-32-37-42-49(3)4/h49-51H,6-48H2,1-5H3/t50?,51-/m0/s1. The average Bonchev–Trinajstić information content (AvgIpc) is 3.23. The first-order chi connectivity index (χ1) is 29.3. The second-order valence-electron chi connectivity index (χ2n) is 19.2. The van der Waals surface area contributed by atoms with Crippen LogP contribution in [-0.2, 0) is 28.6 Å². The van der Waals surface area contributed by atoms with Crippen molar-refractivity contribution in [3.63, 3.8) is 0 Å². The molecular formula is C54H104O6. The van der Waals surface area contributed by atoms with Crippen LogP contribution in [0.15, 0.2) is 0 Å². The van der Waals surface area contributed by atoms with Crippen molar-refractivity contribution in [2.45, 2.75) is 304 Å². The van der Waals surface area contributed by atoms with E-state index < -0.39 is 6.10 Å². The molecule has 0 fully saturated rings. The monoisotopic (exact) mass is 849 g/mol. The molecule has 0 saturated carbocycles. The Labute approximate surface area is 374 Å². The summed E-state index contributed by atoms with van der Waals surface area (Å²) in [6, 6.07) is 0. The zero-order valence-corrected chi connectivity index (χ0v) is 41.1. The number of ether oxygens (including phenoxy) is 3. The fourth-order valence-electron chi connectivity index (χ4n) is 8.13. The predicted molar refractivity (Wildman–Crippen MR) is 256 cm³/mol. The van der Waals surface area contributed by atoms with Crippen LogP contribution in [0.25, 0.3) is 0 Å². The van der Waals surface area contributed by atoms with Crippen LogP contribution in [0.1, 0.15) is 298 Å². The van der Waals surface area contributed by atoms with Crippen molar-refractivity contribution in [2.75, 3.05) is 13.2 Å². The van der Waals surface area contributed by atoms with Gasteiger partial charge in [0.15, 0.2) is 6.10 Å². The lowest BCUT2D eigenvalue weighted by Crippen LogP contribution is -2.30. The van der Waals surface area contributed by atoms with Gasteiger partial charge >= 0.3 is 17.9 Å². The molecule has 0 aromatic rings. The molecule has 0 radical (unpaired) electrons. The zero-order chi connectivity index (χ0) is 44.0. The van der Waals surface area contributed by atoms with Gasteiger partial charge in [0, 0.05) is 19.3 Å². The van der Waals surface area contributed by atoms with Gasteiger partial charge in [0.2, 0.25) is 0 Å². The Hall–Kier alpha value is -1.59. The fraction of sp³-hybridized carbons (Fsp3) is 0.944. The molecule has 0 heterocycles. The van der Waals surface area contributed by atoms with E-state index in [2.05, 4.69) is 34.6 Å². The van der Waals surface area contributed by atoms with E-state index in [0.717, 1.165) is 69.6 Å². The highest BCUT2D eigenvalue weighted by Crippen LogP contribution is 2.18. The van der Waals surface area contributed by atoms with Gasteiger partial charge in [-0.2, -0.15) is 0 Å². The number of carbonyl (C=O) groups excluding carboxylic acids is 3. The van der Waals surface area contributed by atoms with Crippen molar-refractivity contribution < 1.29 is 28.6 Å². The van der Waals surface area contributed by atoms with Gasteiger partial charge in [-0.15, -0.1) is 0 Å². The highest BCUT2D eigenvalue weighted by molar-refractivity contribution is 5.71. The molecule has 6 heteroatoms. The highest BCUT2D eigenvalue weighted by Gasteiger charge is 2.19. The summed E-state index contributed by atoms with van der Waals surface area (Å²) in [7, 11) is 0. The second kappa shape index (κ2) is 46.9. The number of hydrogen-bond acceptors (Lipinski definition) is 6. The summed E-state index contributed by atoms with van der Waals surface area (Å²) in [6.45, 7) is 11.3. The fourth-order valence-corrected chi connectivity index (χ4v) is 8.13. The average molecular weight is 849 g/mol. The first-order valence-corrected chi connectivity index (χ1v) is 26.8. The van der Waals surface area contributed by atoms with E-state index in [1.165, 1.54) is 186 Å². The van der Waals surface area contributed by atoms with Gasteiger partial charge < -0.3 is 14.2 Å². The number of carbonyl (C=O) groups is 3. The summed E-state index contributed by atoms with van der Waals surface area (Å²) in [4.78, 5) is 37.9. The molecular weight excluding hydrogens is 745 g/mol. The zero-order valence-electron chi connectivity index (χ0n) is 41.1. The number of rotatable bonds is 48. The molecule has 0 N–H and O–H groups in total. The number of hydrogen-bond donors (Lipinski definition) is 0. The molecule has 0 saturated heterocycles. The number of esters is 3. The van der Waals surface area contributed by atoms with Crippen molar-refractivity contribution >= 4 is 17.9 Å². The van der Waals surface area contributed by atoms with Crippen LogP contribution in [0.3, 0.4) is 0 Å². The van der Waals surface area contributed by atoms with Gasteiger partial charge in [0.1, 0.15) is 13.2 Å². The third-order valence-corrected chi connectivity index (χ3v) is 12.6. The SMILES string of the molecule is CCCCCCCCCCCCCCCCCCCCCC(=O)OC[C@@H](COC(=O)CCCCCCCCCCCCC(C)C)OC(=O)CCCCCCCCC(C)CC. The van der Waals surface area contributed by atoms with Crippen molar-refractivity contribution in [3.05, 3.63) is 0 Å². The molecule has 0 aromatic heterocycles. The van der Waals surface area contributed by atoms with Gasteiger partial charge in [0.05, 0.1) is 0 Å². The van der Waals surface area contributed by atoms with Gasteiger partial charge in [-0.1, -0.05) is 259 Å². The molecule has 1 unspecified atom stereocenters.